The number of carbonyl (C=O) groups excluding carboxylic acids is 2. The van der Waals surface area contributed by atoms with Gasteiger partial charge in [-0.2, -0.15) is 0 Å². The molecular weight excluding hydrogens is 334 g/mol. The number of hydrogen-bond donors (Lipinski definition) is 1. The van der Waals surface area contributed by atoms with Crippen LogP contribution in [0.4, 0.5) is 4.79 Å². The number of nitrogens with one attached hydrogen (secondary N) is 1. The van der Waals surface area contributed by atoms with Gasteiger partial charge in [-0.05, 0) is 30.9 Å². The van der Waals surface area contributed by atoms with Gasteiger partial charge in [0.25, 0.3) is 0 Å². The van der Waals surface area contributed by atoms with Gasteiger partial charge in [-0.15, -0.1) is 0 Å². The summed E-state index contributed by atoms with van der Waals surface area (Å²) in [6, 6.07) is 7.27. The number of carbonyl (C=O) groups is 2. The van der Waals surface area contributed by atoms with Crippen molar-refractivity contribution in [1.82, 2.24) is 15.1 Å². The second kappa shape index (κ2) is 8.89. The summed E-state index contributed by atoms with van der Waals surface area (Å²) >= 11 is 0. The summed E-state index contributed by atoms with van der Waals surface area (Å²) < 4.78 is 10.6. The molecule has 1 N–H and O–H groups in total. The second-order valence-electron chi connectivity index (χ2n) is 6.58. The highest BCUT2D eigenvalue weighted by atomic mass is 16.5. The Morgan fingerprint density at radius 1 is 1.23 bits per heavy atom. The highest BCUT2D eigenvalue weighted by Gasteiger charge is 2.36. The average Bonchev–Trinajstić information content (AvgIpc) is 3.18. The van der Waals surface area contributed by atoms with E-state index in [-0.39, 0.29) is 18.0 Å². The topological polar surface area (TPSA) is 71.1 Å². The summed E-state index contributed by atoms with van der Waals surface area (Å²) in [5, 5.41) is 2.95. The van der Waals surface area contributed by atoms with Crippen LogP contribution < -0.4 is 10.1 Å². The zero-order valence-corrected chi connectivity index (χ0v) is 15.3. The molecule has 0 bridgehead atoms. The molecule has 7 heteroatoms. The van der Waals surface area contributed by atoms with Crippen LogP contribution in [-0.4, -0.2) is 74.3 Å². The lowest BCUT2D eigenvalue weighted by Gasteiger charge is -2.32. The zero-order valence-electron chi connectivity index (χ0n) is 15.3. The van der Waals surface area contributed by atoms with Gasteiger partial charge in [0.15, 0.2) is 0 Å². The monoisotopic (exact) mass is 361 g/mol. The number of para-hydroxylation sites is 1. The molecule has 7 nitrogen and oxygen atoms in total. The van der Waals surface area contributed by atoms with E-state index in [1.54, 1.807) is 12.0 Å². The minimum absolute atomic E-state index is 0.0469. The first kappa shape index (κ1) is 18.5. The summed E-state index contributed by atoms with van der Waals surface area (Å²) in [6.45, 7) is 3.50. The minimum atomic E-state index is -0.348. The van der Waals surface area contributed by atoms with Gasteiger partial charge in [-0.3, -0.25) is 4.79 Å². The van der Waals surface area contributed by atoms with Crippen LogP contribution in [0.1, 0.15) is 18.4 Å². The van der Waals surface area contributed by atoms with Crippen LogP contribution in [0.5, 0.6) is 5.75 Å². The highest BCUT2D eigenvalue weighted by Crippen LogP contribution is 2.20. The molecular formula is C19H27N3O4. The van der Waals surface area contributed by atoms with Crippen LogP contribution in [-0.2, 0) is 16.0 Å². The molecule has 0 radical (unpaired) electrons. The molecule has 0 aliphatic carbocycles. The Bertz CT molecular complexity index is 631. The van der Waals surface area contributed by atoms with Gasteiger partial charge in [-0.25, -0.2) is 4.79 Å². The number of urea groups is 1. The average molecular weight is 361 g/mol. The molecule has 26 heavy (non-hydrogen) atoms. The first-order valence-electron chi connectivity index (χ1n) is 9.23. The van der Waals surface area contributed by atoms with Gasteiger partial charge in [-0.1, -0.05) is 18.2 Å². The maximum atomic E-state index is 12.7. The molecule has 2 saturated heterocycles. The second-order valence-corrected chi connectivity index (χ2v) is 6.58. The van der Waals surface area contributed by atoms with Crippen molar-refractivity contribution in [3.8, 4) is 5.75 Å². The summed E-state index contributed by atoms with van der Waals surface area (Å²) in [5.74, 6) is 0.869. The van der Waals surface area contributed by atoms with Crippen LogP contribution in [0.15, 0.2) is 24.3 Å². The number of amides is 3. The fourth-order valence-corrected chi connectivity index (χ4v) is 3.58. The third-order valence-corrected chi connectivity index (χ3v) is 4.98. The number of nitrogens with zero attached hydrogens (tertiary/aromatic N) is 2. The maximum absolute atomic E-state index is 12.7. The van der Waals surface area contributed by atoms with E-state index in [0.717, 1.165) is 24.2 Å². The van der Waals surface area contributed by atoms with Gasteiger partial charge in [0.2, 0.25) is 5.91 Å². The quantitative estimate of drug-likeness (QED) is 0.857. The molecule has 2 heterocycles. The number of methoxy groups -OCH3 is 1. The Morgan fingerprint density at radius 3 is 2.77 bits per heavy atom. The standard InChI is InChI=1S/C19H27N3O4/c1-25-17-7-3-2-5-15(17)8-9-20-19(24)22-10-4-6-16(22)18(23)21-11-13-26-14-12-21/h2-3,5,7,16H,4,6,8-14H2,1H3,(H,20,24). The van der Waals surface area contributed by atoms with Gasteiger partial charge < -0.3 is 24.6 Å². The Kier molecular flexibility index (Phi) is 6.33. The smallest absolute Gasteiger partial charge is 0.318 e. The lowest BCUT2D eigenvalue weighted by molar-refractivity contribution is -0.139. The molecule has 0 saturated carbocycles. The molecule has 142 valence electrons. The fraction of sp³-hybridized carbons (Fsp3) is 0.579. The van der Waals surface area contributed by atoms with E-state index in [1.807, 2.05) is 29.2 Å². The summed E-state index contributed by atoms with van der Waals surface area (Å²) in [4.78, 5) is 28.8. The van der Waals surface area contributed by atoms with Crippen molar-refractivity contribution in [2.24, 2.45) is 0 Å². The van der Waals surface area contributed by atoms with E-state index in [2.05, 4.69) is 5.32 Å². The number of benzene rings is 1. The molecule has 2 fully saturated rings. The zero-order chi connectivity index (χ0) is 18.4. The van der Waals surface area contributed by atoms with Crippen LogP contribution in [0.3, 0.4) is 0 Å². The van der Waals surface area contributed by atoms with Crippen molar-refractivity contribution in [2.75, 3.05) is 46.5 Å². The molecule has 3 rings (SSSR count). The Balaban J connectivity index is 1.52. The van der Waals surface area contributed by atoms with Crippen LogP contribution >= 0.6 is 0 Å². The number of hydrogen-bond acceptors (Lipinski definition) is 4. The lowest BCUT2D eigenvalue weighted by atomic mass is 10.1. The molecule has 2 aliphatic heterocycles. The van der Waals surface area contributed by atoms with Gasteiger partial charge in [0.05, 0.1) is 20.3 Å². The Hall–Kier alpha value is -2.28. The predicted molar refractivity (Wildman–Crippen MR) is 97.2 cm³/mol. The highest BCUT2D eigenvalue weighted by molar-refractivity contribution is 5.87. The maximum Gasteiger partial charge on any atom is 0.318 e. The van der Waals surface area contributed by atoms with E-state index in [1.165, 1.54) is 0 Å². The summed E-state index contributed by atoms with van der Waals surface area (Å²) in [6.07, 6.45) is 2.28. The first-order valence-corrected chi connectivity index (χ1v) is 9.23. The van der Waals surface area contributed by atoms with E-state index < -0.39 is 0 Å². The molecule has 2 aliphatic rings. The van der Waals surface area contributed by atoms with Crippen LogP contribution in [0.2, 0.25) is 0 Å². The predicted octanol–water partition coefficient (Wildman–Crippen LogP) is 1.27. The molecule has 1 aromatic carbocycles. The Morgan fingerprint density at radius 2 is 2.00 bits per heavy atom. The number of morpholine rings is 1. The lowest BCUT2D eigenvalue weighted by Crippen LogP contribution is -2.53. The van der Waals surface area contributed by atoms with Gasteiger partial charge >= 0.3 is 6.03 Å². The molecule has 0 aromatic heterocycles. The number of ether oxygens (including phenoxy) is 2. The third kappa shape index (κ3) is 4.27. The van der Waals surface area contributed by atoms with E-state index >= 15 is 0 Å². The normalized spacial score (nSPS) is 20.1. The van der Waals surface area contributed by atoms with Crippen molar-refractivity contribution >= 4 is 11.9 Å². The number of rotatable bonds is 5. The fourth-order valence-electron chi connectivity index (χ4n) is 3.58. The number of likely N-dealkylation sites (tertiary alicyclic amines) is 1. The minimum Gasteiger partial charge on any atom is -0.496 e. The molecule has 1 aromatic rings. The molecule has 1 unspecified atom stereocenters. The van der Waals surface area contributed by atoms with Crippen molar-refractivity contribution in [3.05, 3.63) is 29.8 Å². The van der Waals surface area contributed by atoms with Gasteiger partial charge in [0, 0.05) is 26.2 Å². The van der Waals surface area contributed by atoms with Gasteiger partial charge in [0.1, 0.15) is 11.8 Å². The largest absolute Gasteiger partial charge is 0.496 e. The van der Waals surface area contributed by atoms with Crippen molar-refractivity contribution in [3.63, 3.8) is 0 Å². The SMILES string of the molecule is COc1ccccc1CCNC(=O)N1CCCC1C(=O)N1CCOCC1. The van der Waals surface area contributed by atoms with Crippen molar-refractivity contribution < 1.29 is 19.1 Å². The van der Waals surface area contributed by atoms with E-state index in [0.29, 0.717) is 45.8 Å². The molecule has 1 atom stereocenters. The summed E-state index contributed by atoms with van der Waals surface area (Å²) in [7, 11) is 1.64. The summed E-state index contributed by atoms with van der Waals surface area (Å²) in [5.41, 5.74) is 1.05. The molecule has 0 spiro atoms. The van der Waals surface area contributed by atoms with E-state index in [4.69, 9.17) is 9.47 Å². The van der Waals surface area contributed by atoms with E-state index in [9.17, 15) is 9.59 Å². The Labute approximate surface area is 154 Å². The van der Waals surface area contributed by atoms with Crippen molar-refractivity contribution in [2.45, 2.75) is 25.3 Å². The first-order chi connectivity index (χ1) is 12.7. The van der Waals surface area contributed by atoms with Crippen molar-refractivity contribution in [1.29, 1.82) is 0 Å². The van der Waals surface area contributed by atoms with Crippen LogP contribution in [0, 0.1) is 0 Å². The third-order valence-electron chi connectivity index (χ3n) is 4.98. The van der Waals surface area contributed by atoms with Crippen LogP contribution in [0.25, 0.3) is 0 Å². The molecule has 3 amide bonds.